The van der Waals surface area contributed by atoms with Crippen molar-refractivity contribution in [3.05, 3.63) is 23.8 Å². The van der Waals surface area contributed by atoms with Crippen molar-refractivity contribution in [1.82, 2.24) is 10.6 Å². The van der Waals surface area contributed by atoms with Gasteiger partial charge in [-0.25, -0.2) is 0 Å². The Morgan fingerprint density at radius 1 is 1.29 bits per heavy atom. The van der Waals surface area contributed by atoms with Crippen molar-refractivity contribution < 1.29 is 18.9 Å². The molecule has 3 rings (SSSR count). The van der Waals surface area contributed by atoms with Gasteiger partial charge in [0.15, 0.2) is 17.5 Å². The molecular formula is C17H25N3O4. The fourth-order valence-electron chi connectivity index (χ4n) is 2.63. The smallest absolute Gasteiger partial charge is 0.231 e. The molecule has 1 aromatic rings. The fraction of sp³-hybridized carbons (Fsp3) is 0.588. The average molecular weight is 335 g/mol. The van der Waals surface area contributed by atoms with Crippen LogP contribution in [-0.4, -0.2) is 52.3 Å². The van der Waals surface area contributed by atoms with Gasteiger partial charge in [0.05, 0.1) is 12.7 Å². The molecule has 0 aromatic heterocycles. The highest BCUT2D eigenvalue weighted by atomic mass is 16.7. The first kappa shape index (κ1) is 16.9. The maximum Gasteiger partial charge on any atom is 0.231 e. The second kappa shape index (κ2) is 8.75. The molecule has 132 valence electrons. The lowest BCUT2D eigenvalue weighted by Gasteiger charge is -2.13. The Morgan fingerprint density at radius 3 is 3.04 bits per heavy atom. The van der Waals surface area contributed by atoms with E-state index in [4.69, 9.17) is 18.9 Å². The number of hydrogen-bond donors (Lipinski definition) is 2. The molecule has 1 atom stereocenters. The molecule has 1 aromatic carbocycles. The van der Waals surface area contributed by atoms with Gasteiger partial charge in [-0.1, -0.05) is 6.07 Å². The molecule has 0 spiro atoms. The summed E-state index contributed by atoms with van der Waals surface area (Å²) in [5, 5.41) is 6.58. The molecule has 1 saturated heterocycles. The molecule has 1 fully saturated rings. The van der Waals surface area contributed by atoms with E-state index in [1.54, 1.807) is 7.05 Å². The van der Waals surface area contributed by atoms with Crippen molar-refractivity contribution >= 4 is 5.96 Å². The van der Waals surface area contributed by atoms with Gasteiger partial charge in [-0.2, -0.15) is 0 Å². The normalized spacial score (nSPS) is 19.5. The third kappa shape index (κ3) is 4.75. The summed E-state index contributed by atoms with van der Waals surface area (Å²) in [6, 6.07) is 5.94. The largest absolute Gasteiger partial charge is 0.454 e. The van der Waals surface area contributed by atoms with Crippen LogP contribution in [0.1, 0.15) is 18.4 Å². The van der Waals surface area contributed by atoms with Gasteiger partial charge in [0.1, 0.15) is 0 Å². The van der Waals surface area contributed by atoms with Crippen LogP contribution in [0.4, 0.5) is 0 Å². The number of ether oxygens (including phenoxy) is 4. The fourth-order valence-corrected chi connectivity index (χ4v) is 2.63. The predicted molar refractivity (Wildman–Crippen MR) is 90.6 cm³/mol. The summed E-state index contributed by atoms with van der Waals surface area (Å²) < 4.78 is 21.7. The van der Waals surface area contributed by atoms with Gasteiger partial charge in [0.25, 0.3) is 0 Å². The van der Waals surface area contributed by atoms with Gasteiger partial charge in [0.2, 0.25) is 6.79 Å². The van der Waals surface area contributed by atoms with Crippen LogP contribution in [0.2, 0.25) is 0 Å². The van der Waals surface area contributed by atoms with Crippen molar-refractivity contribution in [2.45, 2.75) is 25.5 Å². The molecule has 2 N–H and O–H groups in total. The second-order valence-electron chi connectivity index (χ2n) is 5.75. The molecule has 0 amide bonds. The Bertz CT molecular complexity index is 559. The van der Waals surface area contributed by atoms with Gasteiger partial charge in [-0.3, -0.25) is 4.99 Å². The lowest BCUT2D eigenvalue weighted by Crippen LogP contribution is -2.37. The zero-order valence-corrected chi connectivity index (χ0v) is 14.0. The molecule has 1 unspecified atom stereocenters. The summed E-state index contributed by atoms with van der Waals surface area (Å²) in [5.41, 5.74) is 1.12. The summed E-state index contributed by atoms with van der Waals surface area (Å²) >= 11 is 0. The van der Waals surface area contributed by atoms with E-state index < -0.39 is 0 Å². The van der Waals surface area contributed by atoms with Crippen molar-refractivity contribution in [3.8, 4) is 11.5 Å². The van der Waals surface area contributed by atoms with E-state index in [1.807, 2.05) is 18.2 Å². The molecule has 0 bridgehead atoms. The van der Waals surface area contributed by atoms with E-state index in [0.717, 1.165) is 62.2 Å². The van der Waals surface area contributed by atoms with Crippen molar-refractivity contribution in [2.75, 3.05) is 40.2 Å². The van der Waals surface area contributed by atoms with Crippen molar-refractivity contribution in [3.63, 3.8) is 0 Å². The topological polar surface area (TPSA) is 73.3 Å². The number of nitrogens with zero attached hydrogens (tertiary/aromatic N) is 1. The highest BCUT2D eigenvalue weighted by molar-refractivity contribution is 5.79. The SMILES string of the molecule is CN=C(NCCCOC1CCOC1)NCc1ccc2c(c1)OCO2. The average Bonchev–Trinajstić information content (AvgIpc) is 3.28. The first-order valence-electron chi connectivity index (χ1n) is 8.37. The standard InChI is InChI=1S/C17H25N3O4/c1-18-17(19-6-2-7-22-14-5-8-21-11-14)20-10-13-3-4-15-16(9-13)24-12-23-15/h3-4,9,14H,2,5-8,10-12H2,1H3,(H2,18,19,20). The molecule has 7 nitrogen and oxygen atoms in total. The predicted octanol–water partition coefficient (Wildman–Crippen LogP) is 1.28. The molecule has 0 radical (unpaired) electrons. The number of nitrogens with one attached hydrogen (secondary N) is 2. The lowest BCUT2D eigenvalue weighted by molar-refractivity contribution is 0.0420. The Hall–Kier alpha value is -1.99. The summed E-state index contributed by atoms with van der Waals surface area (Å²) in [7, 11) is 1.77. The van der Waals surface area contributed by atoms with Crippen LogP contribution in [0.15, 0.2) is 23.2 Å². The van der Waals surface area contributed by atoms with Crippen molar-refractivity contribution in [2.24, 2.45) is 4.99 Å². The number of guanidine groups is 1. The van der Waals surface area contributed by atoms with E-state index in [9.17, 15) is 0 Å². The minimum Gasteiger partial charge on any atom is -0.454 e. The minimum absolute atomic E-state index is 0.272. The molecular weight excluding hydrogens is 310 g/mol. The van der Waals surface area contributed by atoms with E-state index in [-0.39, 0.29) is 6.10 Å². The van der Waals surface area contributed by atoms with Crippen molar-refractivity contribution in [1.29, 1.82) is 0 Å². The third-order valence-corrected chi connectivity index (χ3v) is 3.98. The molecule has 0 aliphatic carbocycles. The van der Waals surface area contributed by atoms with Gasteiger partial charge >= 0.3 is 0 Å². The zero-order chi connectivity index (χ0) is 16.6. The van der Waals surface area contributed by atoms with Crippen LogP contribution in [-0.2, 0) is 16.0 Å². The number of hydrogen-bond acceptors (Lipinski definition) is 5. The van der Waals surface area contributed by atoms with Crippen LogP contribution >= 0.6 is 0 Å². The number of rotatable bonds is 7. The highest BCUT2D eigenvalue weighted by Crippen LogP contribution is 2.32. The first-order chi connectivity index (χ1) is 11.8. The molecule has 2 heterocycles. The van der Waals surface area contributed by atoms with E-state index in [2.05, 4.69) is 15.6 Å². The van der Waals surface area contributed by atoms with E-state index in [0.29, 0.717) is 13.3 Å². The van der Waals surface area contributed by atoms with Crippen LogP contribution in [0.25, 0.3) is 0 Å². The number of aliphatic imine (C=N–C) groups is 1. The summed E-state index contributed by atoms with van der Waals surface area (Å²) in [6.45, 7) is 4.07. The first-order valence-corrected chi connectivity index (χ1v) is 8.37. The summed E-state index contributed by atoms with van der Waals surface area (Å²) in [4.78, 5) is 4.23. The second-order valence-corrected chi connectivity index (χ2v) is 5.75. The van der Waals surface area contributed by atoms with E-state index in [1.165, 1.54) is 0 Å². The highest BCUT2D eigenvalue weighted by Gasteiger charge is 2.15. The quantitative estimate of drug-likeness (QED) is 0.444. The van der Waals surface area contributed by atoms with Gasteiger partial charge in [-0.15, -0.1) is 0 Å². The van der Waals surface area contributed by atoms with Crippen LogP contribution < -0.4 is 20.1 Å². The summed E-state index contributed by atoms with van der Waals surface area (Å²) in [6.07, 6.45) is 2.21. The Balaban J connectivity index is 1.33. The molecule has 2 aliphatic rings. The maximum atomic E-state index is 5.74. The van der Waals surface area contributed by atoms with Crippen LogP contribution in [0.3, 0.4) is 0 Å². The van der Waals surface area contributed by atoms with Gasteiger partial charge in [-0.05, 0) is 30.5 Å². The van der Waals surface area contributed by atoms with Gasteiger partial charge < -0.3 is 29.6 Å². The van der Waals surface area contributed by atoms with Crippen LogP contribution in [0, 0.1) is 0 Å². The monoisotopic (exact) mass is 335 g/mol. The third-order valence-electron chi connectivity index (χ3n) is 3.98. The molecule has 24 heavy (non-hydrogen) atoms. The molecule has 7 heteroatoms. The van der Waals surface area contributed by atoms with Gasteiger partial charge in [0, 0.05) is 33.4 Å². The number of fused-ring (bicyclic) bond motifs is 1. The summed E-state index contributed by atoms with van der Waals surface area (Å²) in [5.74, 6) is 2.37. The number of benzene rings is 1. The minimum atomic E-state index is 0.272. The maximum absolute atomic E-state index is 5.74. The van der Waals surface area contributed by atoms with Crippen LogP contribution in [0.5, 0.6) is 11.5 Å². The molecule has 2 aliphatic heterocycles. The Kier molecular flexibility index (Phi) is 6.14. The molecule has 0 saturated carbocycles. The Labute approximate surface area is 142 Å². The Morgan fingerprint density at radius 2 is 2.21 bits per heavy atom. The van der Waals surface area contributed by atoms with E-state index >= 15 is 0 Å². The zero-order valence-electron chi connectivity index (χ0n) is 14.0. The lowest BCUT2D eigenvalue weighted by atomic mass is 10.2.